The fourth-order valence-corrected chi connectivity index (χ4v) is 3.69. The maximum absolute atomic E-state index is 13.0. The van der Waals surface area contributed by atoms with E-state index in [1.807, 2.05) is 6.92 Å². The number of benzene rings is 1. The van der Waals surface area contributed by atoms with Crippen LogP contribution in [0.5, 0.6) is 5.75 Å². The number of ether oxygens (including phenoxy) is 1. The zero-order valence-corrected chi connectivity index (χ0v) is 19.0. The van der Waals surface area contributed by atoms with Crippen LogP contribution in [0.2, 0.25) is 5.02 Å². The third-order valence-electron chi connectivity index (χ3n) is 5.12. The minimum absolute atomic E-state index is 0. The molecule has 168 valence electrons. The quantitative estimate of drug-likeness (QED) is 0.575. The van der Waals surface area contributed by atoms with E-state index in [0.29, 0.717) is 34.3 Å². The summed E-state index contributed by atoms with van der Waals surface area (Å²) in [5.74, 6) is 0.414. The molecule has 2 aromatic rings. The van der Waals surface area contributed by atoms with E-state index in [4.69, 9.17) is 22.1 Å². The number of hydrogen-bond donors (Lipinski definition) is 3. The highest BCUT2D eigenvalue weighted by Gasteiger charge is 2.23. The molecule has 0 aliphatic heterocycles. The van der Waals surface area contributed by atoms with Crippen molar-refractivity contribution in [2.45, 2.75) is 51.1 Å². The SMILES string of the molecule is CCOc1cccc(C(=O)NC2CCC(N)CC2)c1CC(=O)Nc1ccc(Cl)cn1.Cl. The summed E-state index contributed by atoms with van der Waals surface area (Å²) < 4.78 is 5.69. The van der Waals surface area contributed by atoms with Crippen LogP contribution in [-0.4, -0.2) is 35.5 Å². The Morgan fingerprint density at radius 3 is 2.58 bits per heavy atom. The summed E-state index contributed by atoms with van der Waals surface area (Å²) in [7, 11) is 0. The van der Waals surface area contributed by atoms with Crippen molar-refractivity contribution in [3.63, 3.8) is 0 Å². The van der Waals surface area contributed by atoms with Crippen LogP contribution in [0.4, 0.5) is 5.82 Å². The lowest BCUT2D eigenvalue weighted by atomic mass is 9.91. The van der Waals surface area contributed by atoms with Crippen molar-refractivity contribution in [1.29, 1.82) is 0 Å². The molecule has 1 saturated carbocycles. The lowest BCUT2D eigenvalue weighted by Crippen LogP contribution is -2.40. The fourth-order valence-electron chi connectivity index (χ4n) is 3.58. The topological polar surface area (TPSA) is 106 Å². The minimum Gasteiger partial charge on any atom is -0.494 e. The van der Waals surface area contributed by atoms with Crippen LogP contribution in [0.15, 0.2) is 36.5 Å². The van der Waals surface area contributed by atoms with Gasteiger partial charge in [-0.3, -0.25) is 9.59 Å². The number of hydrogen-bond acceptors (Lipinski definition) is 5. The number of pyridine rings is 1. The van der Waals surface area contributed by atoms with Gasteiger partial charge in [-0.05, 0) is 56.9 Å². The molecule has 0 saturated heterocycles. The molecule has 1 fully saturated rings. The molecule has 0 atom stereocenters. The van der Waals surface area contributed by atoms with Gasteiger partial charge in [-0.15, -0.1) is 12.4 Å². The monoisotopic (exact) mass is 466 g/mol. The molecular formula is C22H28Cl2N4O3. The predicted molar refractivity (Wildman–Crippen MR) is 124 cm³/mol. The molecule has 0 spiro atoms. The first-order valence-electron chi connectivity index (χ1n) is 10.2. The smallest absolute Gasteiger partial charge is 0.251 e. The second kappa shape index (κ2) is 11.9. The van der Waals surface area contributed by atoms with E-state index < -0.39 is 0 Å². The van der Waals surface area contributed by atoms with Gasteiger partial charge in [-0.2, -0.15) is 0 Å². The standard InChI is InChI=1S/C22H27ClN4O3.ClH/c1-2-30-19-5-3-4-17(22(29)26-16-9-7-15(24)8-10-16)18(19)12-21(28)27-20-11-6-14(23)13-25-20;/h3-6,11,13,15-16H,2,7-10,12,24H2,1H3,(H,26,29)(H,25,27,28);1H. The van der Waals surface area contributed by atoms with Crippen molar-refractivity contribution in [1.82, 2.24) is 10.3 Å². The average Bonchev–Trinajstić information content (AvgIpc) is 2.73. The van der Waals surface area contributed by atoms with Gasteiger partial charge in [0.25, 0.3) is 5.91 Å². The third kappa shape index (κ3) is 7.09. The number of nitrogens with zero attached hydrogens (tertiary/aromatic N) is 1. The summed E-state index contributed by atoms with van der Waals surface area (Å²) >= 11 is 5.83. The fraction of sp³-hybridized carbons (Fsp3) is 0.409. The molecule has 3 rings (SSSR count). The summed E-state index contributed by atoms with van der Waals surface area (Å²) in [5.41, 5.74) is 6.95. The van der Waals surface area contributed by atoms with Crippen molar-refractivity contribution in [2.75, 3.05) is 11.9 Å². The van der Waals surface area contributed by atoms with Crippen molar-refractivity contribution >= 4 is 41.6 Å². The lowest BCUT2D eigenvalue weighted by molar-refractivity contribution is -0.115. The molecular weight excluding hydrogens is 439 g/mol. The van der Waals surface area contributed by atoms with Gasteiger partial charge in [0.05, 0.1) is 18.1 Å². The van der Waals surface area contributed by atoms with Crippen LogP contribution in [-0.2, 0) is 11.2 Å². The minimum atomic E-state index is -0.297. The zero-order chi connectivity index (χ0) is 21.5. The molecule has 7 nitrogen and oxygen atoms in total. The molecule has 31 heavy (non-hydrogen) atoms. The average molecular weight is 467 g/mol. The largest absolute Gasteiger partial charge is 0.494 e. The Kier molecular flexibility index (Phi) is 9.55. The predicted octanol–water partition coefficient (Wildman–Crippen LogP) is 3.74. The molecule has 1 aliphatic rings. The number of nitrogens with one attached hydrogen (secondary N) is 2. The van der Waals surface area contributed by atoms with E-state index in [-0.39, 0.29) is 42.7 Å². The number of anilines is 1. The van der Waals surface area contributed by atoms with E-state index in [1.165, 1.54) is 6.20 Å². The van der Waals surface area contributed by atoms with E-state index in [0.717, 1.165) is 25.7 Å². The number of carbonyl (C=O) groups is 2. The number of nitrogens with two attached hydrogens (primary N) is 1. The van der Waals surface area contributed by atoms with Gasteiger partial charge in [0.15, 0.2) is 0 Å². The van der Waals surface area contributed by atoms with Crippen molar-refractivity contribution in [2.24, 2.45) is 5.73 Å². The van der Waals surface area contributed by atoms with E-state index >= 15 is 0 Å². The first-order valence-corrected chi connectivity index (χ1v) is 10.6. The number of halogens is 2. The number of aromatic nitrogens is 1. The van der Waals surface area contributed by atoms with Crippen LogP contribution in [0.1, 0.15) is 48.5 Å². The zero-order valence-electron chi connectivity index (χ0n) is 17.4. The van der Waals surface area contributed by atoms with Crippen LogP contribution in [0, 0.1) is 0 Å². The maximum Gasteiger partial charge on any atom is 0.251 e. The molecule has 1 aromatic carbocycles. The Morgan fingerprint density at radius 2 is 1.94 bits per heavy atom. The highest BCUT2D eigenvalue weighted by atomic mass is 35.5. The van der Waals surface area contributed by atoms with Gasteiger partial charge in [0.2, 0.25) is 5.91 Å². The number of amides is 2. The lowest BCUT2D eigenvalue weighted by Gasteiger charge is -2.27. The van der Waals surface area contributed by atoms with E-state index in [9.17, 15) is 9.59 Å². The molecule has 1 aliphatic carbocycles. The van der Waals surface area contributed by atoms with Crippen LogP contribution < -0.4 is 21.1 Å². The second-order valence-electron chi connectivity index (χ2n) is 7.39. The first kappa shape index (κ1) is 24.9. The normalized spacial score (nSPS) is 17.9. The number of rotatable bonds is 7. The summed E-state index contributed by atoms with van der Waals surface area (Å²) in [4.78, 5) is 29.7. The van der Waals surface area contributed by atoms with Gasteiger partial charge in [0, 0.05) is 29.4 Å². The summed E-state index contributed by atoms with van der Waals surface area (Å²) in [6.45, 7) is 2.29. The molecule has 0 bridgehead atoms. The van der Waals surface area contributed by atoms with Gasteiger partial charge in [0.1, 0.15) is 11.6 Å². The van der Waals surface area contributed by atoms with Crippen LogP contribution in [0.25, 0.3) is 0 Å². The van der Waals surface area contributed by atoms with Crippen molar-refractivity contribution in [3.8, 4) is 5.75 Å². The van der Waals surface area contributed by atoms with Gasteiger partial charge in [-0.1, -0.05) is 17.7 Å². The summed E-state index contributed by atoms with van der Waals surface area (Å²) in [5, 5.41) is 6.30. The van der Waals surface area contributed by atoms with E-state index in [2.05, 4.69) is 15.6 Å². The molecule has 1 aromatic heterocycles. The Labute approximate surface area is 193 Å². The van der Waals surface area contributed by atoms with Gasteiger partial charge < -0.3 is 21.1 Å². The molecule has 4 N–H and O–H groups in total. The van der Waals surface area contributed by atoms with E-state index in [1.54, 1.807) is 30.3 Å². The Hall–Kier alpha value is -2.35. The Balaban J connectivity index is 0.00000341. The van der Waals surface area contributed by atoms with Crippen LogP contribution >= 0.6 is 24.0 Å². The molecule has 9 heteroatoms. The highest BCUT2D eigenvalue weighted by molar-refractivity contribution is 6.30. The summed E-state index contributed by atoms with van der Waals surface area (Å²) in [6.07, 6.45) is 4.95. The first-order chi connectivity index (χ1) is 14.5. The maximum atomic E-state index is 13.0. The van der Waals surface area contributed by atoms with Gasteiger partial charge >= 0.3 is 0 Å². The second-order valence-corrected chi connectivity index (χ2v) is 7.82. The van der Waals surface area contributed by atoms with Crippen molar-refractivity contribution < 1.29 is 14.3 Å². The van der Waals surface area contributed by atoms with Crippen LogP contribution in [0.3, 0.4) is 0 Å². The van der Waals surface area contributed by atoms with Gasteiger partial charge in [-0.25, -0.2) is 4.98 Å². The Bertz CT molecular complexity index is 885. The molecule has 1 heterocycles. The molecule has 2 amide bonds. The number of carbonyl (C=O) groups excluding carboxylic acids is 2. The highest BCUT2D eigenvalue weighted by Crippen LogP contribution is 2.25. The van der Waals surface area contributed by atoms with Crippen molar-refractivity contribution in [3.05, 3.63) is 52.7 Å². The summed E-state index contributed by atoms with van der Waals surface area (Å²) in [6, 6.07) is 8.81. The molecule has 0 unspecified atom stereocenters. The molecule has 0 radical (unpaired) electrons. The Morgan fingerprint density at radius 1 is 1.19 bits per heavy atom. The third-order valence-corrected chi connectivity index (χ3v) is 5.34.